The number of benzene rings is 9. The van der Waals surface area contributed by atoms with Gasteiger partial charge in [0.05, 0.1) is 15.9 Å². The molecule has 0 aliphatic heterocycles. The third-order valence-electron chi connectivity index (χ3n) is 11.5. The molecule has 12 aromatic rings. The number of aromatic nitrogens is 2. The van der Waals surface area contributed by atoms with E-state index in [4.69, 9.17) is 14.4 Å². The zero-order valence-corrected chi connectivity index (χ0v) is 32.0. The van der Waals surface area contributed by atoms with Crippen molar-refractivity contribution in [2.24, 2.45) is 0 Å². The zero-order valence-electron chi connectivity index (χ0n) is 31.2. The van der Waals surface area contributed by atoms with Crippen LogP contribution in [0.3, 0.4) is 0 Å². The quantitative estimate of drug-likeness (QED) is 0.164. The van der Waals surface area contributed by atoms with Crippen LogP contribution in [-0.2, 0) is 0 Å². The maximum Gasteiger partial charge on any atom is 0.161 e. The van der Waals surface area contributed by atoms with E-state index in [1.807, 2.05) is 18.2 Å². The molecule has 0 saturated heterocycles. The molecule has 4 heteroatoms. The molecule has 0 atom stereocenters. The van der Waals surface area contributed by atoms with Crippen molar-refractivity contribution in [3.05, 3.63) is 194 Å². The van der Waals surface area contributed by atoms with Gasteiger partial charge in [-0.25, -0.2) is 9.97 Å². The molecule has 0 radical (unpaired) electrons. The Morgan fingerprint density at radius 2 is 1.02 bits per heavy atom. The van der Waals surface area contributed by atoms with Gasteiger partial charge >= 0.3 is 0 Å². The van der Waals surface area contributed by atoms with Gasteiger partial charge in [-0.3, -0.25) is 0 Å². The third-order valence-corrected chi connectivity index (χ3v) is 12.7. The Balaban J connectivity index is 0.960. The highest BCUT2D eigenvalue weighted by molar-refractivity contribution is 7.26. The maximum absolute atomic E-state index is 6.62. The largest absolute Gasteiger partial charge is 0.456 e. The van der Waals surface area contributed by atoms with Crippen LogP contribution >= 0.6 is 11.3 Å². The first kappa shape index (κ1) is 32.8. The second-order valence-electron chi connectivity index (χ2n) is 14.9. The van der Waals surface area contributed by atoms with Gasteiger partial charge in [0.2, 0.25) is 0 Å². The van der Waals surface area contributed by atoms with Crippen molar-refractivity contribution in [3.63, 3.8) is 0 Å². The fourth-order valence-electron chi connectivity index (χ4n) is 8.69. The number of hydrogen-bond donors (Lipinski definition) is 0. The van der Waals surface area contributed by atoms with Gasteiger partial charge < -0.3 is 4.42 Å². The number of rotatable bonds is 5. The van der Waals surface area contributed by atoms with Crippen molar-refractivity contribution in [1.29, 1.82) is 0 Å². The monoisotopic (exact) mass is 756 g/mol. The lowest BCUT2D eigenvalue weighted by Crippen LogP contribution is -1.94. The summed E-state index contributed by atoms with van der Waals surface area (Å²) in [5.41, 5.74) is 12.6. The second kappa shape index (κ2) is 13.1. The van der Waals surface area contributed by atoms with Crippen LogP contribution in [0.2, 0.25) is 0 Å². The predicted molar refractivity (Wildman–Crippen MR) is 244 cm³/mol. The number of furan rings is 1. The minimum Gasteiger partial charge on any atom is -0.456 e. The van der Waals surface area contributed by atoms with E-state index in [1.54, 1.807) is 11.3 Å². The lowest BCUT2D eigenvalue weighted by atomic mass is 9.92. The molecule has 3 nitrogen and oxygen atoms in total. The van der Waals surface area contributed by atoms with E-state index in [-0.39, 0.29) is 0 Å². The fourth-order valence-corrected chi connectivity index (χ4v) is 9.84. The first-order chi connectivity index (χ1) is 28.7. The van der Waals surface area contributed by atoms with E-state index in [1.165, 1.54) is 48.5 Å². The Labute approximate surface area is 338 Å². The maximum atomic E-state index is 6.62. The average molecular weight is 757 g/mol. The van der Waals surface area contributed by atoms with Gasteiger partial charge in [-0.2, -0.15) is 0 Å². The topological polar surface area (TPSA) is 38.9 Å². The van der Waals surface area contributed by atoms with E-state index in [0.717, 1.165) is 65.5 Å². The second-order valence-corrected chi connectivity index (χ2v) is 15.9. The van der Waals surface area contributed by atoms with Gasteiger partial charge in [-0.1, -0.05) is 164 Å². The number of thiophene rings is 1. The summed E-state index contributed by atoms with van der Waals surface area (Å²) in [5.74, 6) is 0.687. The van der Waals surface area contributed by atoms with Crippen molar-refractivity contribution in [1.82, 2.24) is 9.97 Å². The summed E-state index contributed by atoms with van der Waals surface area (Å²) in [6.45, 7) is 0. The molecule has 58 heavy (non-hydrogen) atoms. The molecule has 0 bridgehead atoms. The SMILES string of the molecule is c1ccc(-c2ccc(-c3nc(-c4cccc5oc6cc(-c7ccc(-c8cc9ccccc9c9ccccc89)cc7)ccc6c45)nc4c3sc3ccccc34)cc2)cc1. The highest BCUT2D eigenvalue weighted by Gasteiger charge is 2.20. The van der Waals surface area contributed by atoms with Gasteiger partial charge in [0.1, 0.15) is 11.2 Å². The zero-order chi connectivity index (χ0) is 38.2. The van der Waals surface area contributed by atoms with Crippen LogP contribution in [0.25, 0.3) is 120 Å². The van der Waals surface area contributed by atoms with E-state index in [9.17, 15) is 0 Å². The van der Waals surface area contributed by atoms with Gasteiger partial charge in [0.15, 0.2) is 5.82 Å². The molecule has 0 unspecified atom stereocenters. The molecule has 9 aromatic carbocycles. The third kappa shape index (κ3) is 5.27. The first-order valence-corrected chi connectivity index (χ1v) is 20.4. The number of fused-ring (bicyclic) bond motifs is 9. The predicted octanol–water partition coefficient (Wildman–Crippen LogP) is 15.4. The highest BCUT2D eigenvalue weighted by Crippen LogP contribution is 2.43. The van der Waals surface area contributed by atoms with Crippen molar-refractivity contribution < 1.29 is 4.42 Å². The standard InChI is InChI=1S/C54H32N2OS/c1-2-11-33(12-3-1)34-23-27-37(28-24-34)51-53-52(44-17-8-9-20-49(44)58-53)56-54(55-51)45-18-10-19-47-50(45)43-30-29-38(32-48(43)57-47)35-21-25-36(26-22-35)46-31-39-13-4-5-14-40(39)41-15-6-7-16-42(41)46/h1-32H. The van der Waals surface area contributed by atoms with Gasteiger partial charge in [-0.15, -0.1) is 11.3 Å². The van der Waals surface area contributed by atoms with E-state index >= 15 is 0 Å². The fraction of sp³-hybridized carbons (Fsp3) is 0. The Morgan fingerprint density at radius 3 is 1.84 bits per heavy atom. The van der Waals surface area contributed by atoms with E-state index < -0.39 is 0 Å². The molecular weight excluding hydrogens is 725 g/mol. The van der Waals surface area contributed by atoms with Crippen molar-refractivity contribution in [3.8, 4) is 56.0 Å². The molecule has 0 amide bonds. The Hall–Kier alpha value is -7.40. The summed E-state index contributed by atoms with van der Waals surface area (Å²) < 4.78 is 8.91. The summed E-state index contributed by atoms with van der Waals surface area (Å²) in [6.07, 6.45) is 0. The van der Waals surface area contributed by atoms with Gasteiger partial charge in [-0.05, 0) is 85.3 Å². The Kier molecular flexibility index (Phi) is 7.40. The lowest BCUT2D eigenvalue weighted by molar-refractivity contribution is 0.669. The molecule has 0 aliphatic rings. The molecule has 12 rings (SSSR count). The molecule has 0 fully saturated rings. The van der Waals surface area contributed by atoms with Crippen molar-refractivity contribution >= 4 is 75.1 Å². The Morgan fingerprint density at radius 1 is 0.379 bits per heavy atom. The number of hydrogen-bond acceptors (Lipinski definition) is 4. The first-order valence-electron chi connectivity index (χ1n) is 19.6. The lowest BCUT2D eigenvalue weighted by Gasteiger charge is -2.12. The molecule has 0 N–H and O–H groups in total. The smallest absolute Gasteiger partial charge is 0.161 e. The summed E-state index contributed by atoms with van der Waals surface area (Å²) >= 11 is 1.75. The molecular formula is C54H32N2OS. The molecule has 3 aromatic heterocycles. The van der Waals surface area contributed by atoms with E-state index in [2.05, 4.69) is 176 Å². The summed E-state index contributed by atoms with van der Waals surface area (Å²) in [6, 6.07) is 69.1. The van der Waals surface area contributed by atoms with Crippen molar-refractivity contribution in [2.45, 2.75) is 0 Å². The summed E-state index contributed by atoms with van der Waals surface area (Å²) in [7, 11) is 0. The van der Waals surface area contributed by atoms with Crippen LogP contribution in [0.5, 0.6) is 0 Å². The van der Waals surface area contributed by atoms with Crippen LogP contribution in [0.15, 0.2) is 199 Å². The minimum atomic E-state index is 0.687. The molecule has 0 aliphatic carbocycles. The molecule has 3 heterocycles. The van der Waals surface area contributed by atoms with Crippen LogP contribution in [0.1, 0.15) is 0 Å². The van der Waals surface area contributed by atoms with Crippen LogP contribution in [0.4, 0.5) is 0 Å². The van der Waals surface area contributed by atoms with Gasteiger partial charge in [0.25, 0.3) is 0 Å². The van der Waals surface area contributed by atoms with Crippen molar-refractivity contribution in [2.75, 3.05) is 0 Å². The Bertz CT molecular complexity index is 3550. The normalized spacial score (nSPS) is 11.8. The van der Waals surface area contributed by atoms with Gasteiger partial charge in [0, 0.05) is 32.0 Å². The van der Waals surface area contributed by atoms with E-state index in [0.29, 0.717) is 5.82 Å². The van der Waals surface area contributed by atoms with Crippen LogP contribution in [0, 0.1) is 0 Å². The average Bonchev–Trinajstić information content (AvgIpc) is 3.87. The summed E-state index contributed by atoms with van der Waals surface area (Å²) in [5, 5.41) is 8.27. The van der Waals surface area contributed by atoms with Crippen LogP contribution < -0.4 is 0 Å². The number of nitrogens with zero attached hydrogens (tertiary/aromatic N) is 2. The molecule has 0 spiro atoms. The summed E-state index contributed by atoms with van der Waals surface area (Å²) in [4.78, 5) is 10.7. The highest BCUT2D eigenvalue weighted by atomic mass is 32.1. The van der Waals surface area contributed by atoms with Crippen LogP contribution in [-0.4, -0.2) is 9.97 Å². The molecule has 0 saturated carbocycles. The molecule has 270 valence electrons. The minimum absolute atomic E-state index is 0.687.